The zero-order valence-electron chi connectivity index (χ0n) is 11.7. The van der Waals surface area contributed by atoms with E-state index >= 15 is 0 Å². The molecule has 1 aromatic rings. The first-order valence-electron chi connectivity index (χ1n) is 5.79. The predicted octanol–water partition coefficient (Wildman–Crippen LogP) is 2.55. The van der Waals surface area contributed by atoms with Crippen LogP contribution in [-0.4, -0.2) is 42.6 Å². The molecule has 1 aromatic heterocycles. The molecule has 0 aliphatic carbocycles. The van der Waals surface area contributed by atoms with Crippen LogP contribution in [0.3, 0.4) is 0 Å². The van der Waals surface area contributed by atoms with E-state index in [0.29, 0.717) is 23.9 Å². The third-order valence-electron chi connectivity index (χ3n) is 3.11. The molecule has 0 N–H and O–H groups in total. The predicted molar refractivity (Wildman–Crippen MR) is 73.6 cm³/mol. The van der Waals surface area contributed by atoms with Gasteiger partial charge in [0, 0.05) is 30.2 Å². The van der Waals surface area contributed by atoms with E-state index in [2.05, 4.69) is 23.7 Å². The highest BCUT2D eigenvalue weighted by atomic mass is 35.5. The number of methoxy groups -OCH3 is 2. The smallest absolute Gasteiger partial charge is 0.183 e. The first-order valence-corrected chi connectivity index (χ1v) is 6.32. The van der Waals surface area contributed by atoms with Gasteiger partial charge < -0.3 is 9.47 Å². The summed E-state index contributed by atoms with van der Waals surface area (Å²) in [5.41, 5.74) is 0.745. The molecule has 0 atom stereocenters. The van der Waals surface area contributed by atoms with Crippen molar-refractivity contribution in [2.75, 3.05) is 27.1 Å². The molecule has 0 radical (unpaired) electrons. The summed E-state index contributed by atoms with van der Waals surface area (Å²) in [6.07, 6.45) is 1.72. The summed E-state index contributed by atoms with van der Waals surface area (Å²) in [6, 6.07) is 1.79. The molecule has 0 saturated carbocycles. The summed E-state index contributed by atoms with van der Waals surface area (Å²) in [5, 5.41) is 0. The molecular weight excluding hydrogens is 252 g/mol. The molecule has 18 heavy (non-hydrogen) atoms. The van der Waals surface area contributed by atoms with Crippen molar-refractivity contribution in [3.05, 3.63) is 18.0 Å². The molecule has 0 spiro atoms. The maximum Gasteiger partial charge on any atom is 0.183 e. The summed E-state index contributed by atoms with van der Waals surface area (Å²) in [4.78, 5) is 6.50. The molecule has 4 nitrogen and oxygen atoms in total. The summed E-state index contributed by atoms with van der Waals surface area (Å²) >= 11 is 5.97. The van der Waals surface area contributed by atoms with Gasteiger partial charge in [-0.05, 0) is 20.9 Å². The van der Waals surface area contributed by atoms with Crippen LogP contribution in [0.5, 0.6) is 11.5 Å². The Morgan fingerprint density at radius 1 is 1.33 bits per heavy atom. The van der Waals surface area contributed by atoms with E-state index in [1.165, 1.54) is 0 Å². The van der Waals surface area contributed by atoms with Crippen LogP contribution in [0.1, 0.15) is 19.5 Å². The van der Waals surface area contributed by atoms with E-state index in [1.54, 1.807) is 26.5 Å². The van der Waals surface area contributed by atoms with Crippen LogP contribution in [-0.2, 0) is 6.54 Å². The lowest BCUT2D eigenvalue weighted by molar-refractivity contribution is 0.166. The molecule has 0 aromatic carbocycles. The number of hydrogen-bond acceptors (Lipinski definition) is 4. The third kappa shape index (κ3) is 3.27. The summed E-state index contributed by atoms with van der Waals surface area (Å²) in [5.74, 6) is 1.92. The molecule has 102 valence electrons. The molecule has 1 heterocycles. The summed E-state index contributed by atoms with van der Waals surface area (Å²) in [6.45, 7) is 4.83. The second-order valence-corrected chi connectivity index (χ2v) is 5.06. The van der Waals surface area contributed by atoms with Crippen molar-refractivity contribution >= 4 is 11.6 Å². The van der Waals surface area contributed by atoms with Crippen LogP contribution in [0.15, 0.2) is 12.3 Å². The fourth-order valence-electron chi connectivity index (χ4n) is 1.50. The van der Waals surface area contributed by atoms with Crippen LogP contribution in [0, 0.1) is 0 Å². The molecule has 0 aliphatic rings. The standard InChI is InChI=1S/C13H21ClN2O2/c1-13(2,9-14)16(3)8-10-12(18-5)11(17-4)6-7-15-10/h6-7H,8-9H2,1-5H3. The number of hydrogen-bond donors (Lipinski definition) is 0. The zero-order valence-corrected chi connectivity index (χ0v) is 12.4. The first kappa shape index (κ1) is 15.1. The minimum Gasteiger partial charge on any atom is -0.493 e. The van der Waals surface area contributed by atoms with Gasteiger partial charge in [0.25, 0.3) is 0 Å². The highest BCUT2D eigenvalue weighted by molar-refractivity contribution is 6.18. The molecule has 0 saturated heterocycles. The minimum atomic E-state index is -0.0999. The van der Waals surface area contributed by atoms with Crippen molar-refractivity contribution in [2.45, 2.75) is 25.9 Å². The van der Waals surface area contributed by atoms with Gasteiger partial charge in [-0.1, -0.05) is 0 Å². The van der Waals surface area contributed by atoms with Crippen LogP contribution in [0.2, 0.25) is 0 Å². The number of rotatable bonds is 6. The third-order valence-corrected chi connectivity index (χ3v) is 3.77. The monoisotopic (exact) mass is 272 g/mol. The van der Waals surface area contributed by atoms with E-state index in [4.69, 9.17) is 21.1 Å². The van der Waals surface area contributed by atoms with Crippen molar-refractivity contribution in [3.63, 3.8) is 0 Å². The van der Waals surface area contributed by atoms with Crippen LogP contribution in [0.4, 0.5) is 0 Å². The van der Waals surface area contributed by atoms with Gasteiger partial charge in [-0.25, -0.2) is 0 Å². The number of ether oxygens (including phenoxy) is 2. The van der Waals surface area contributed by atoms with Crippen molar-refractivity contribution in [1.82, 2.24) is 9.88 Å². The normalized spacial score (nSPS) is 11.7. The Hall–Kier alpha value is -1.00. The van der Waals surface area contributed by atoms with Gasteiger partial charge in [-0.15, -0.1) is 11.6 Å². The lowest BCUT2D eigenvalue weighted by Crippen LogP contribution is -2.42. The average Bonchev–Trinajstić information content (AvgIpc) is 2.38. The molecule has 1 rings (SSSR count). The van der Waals surface area contributed by atoms with Crippen LogP contribution < -0.4 is 9.47 Å². The Labute approximate surface area is 114 Å². The van der Waals surface area contributed by atoms with Crippen LogP contribution in [0.25, 0.3) is 0 Å². The van der Waals surface area contributed by atoms with Crippen molar-refractivity contribution in [3.8, 4) is 11.5 Å². The Morgan fingerprint density at radius 2 is 2.00 bits per heavy atom. The Morgan fingerprint density at radius 3 is 2.50 bits per heavy atom. The second kappa shape index (κ2) is 6.25. The van der Waals surface area contributed by atoms with E-state index in [1.807, 2.05) is 7.05 Å². The molecule has 0 amide bonds. The number of nitrogens with zero attached hydrogens (tertiary/aromatic N) is 2. The van der Waals surface area contributed by atoms with Crippen molar-refractivity contribution in [2.24, 2.45) is 0 Å². The SMILES string of the molecule is COc1ccnc(CN(C)C(C)(C)CCl)c1OC. The second-order valence-electron chi connectivity index (χ2n) is 4.80. The van der Waals surface area contributed by atoms with E-state index in [-0.39, 0.29) is 5.54 Å². The van der Waals surface area contributed by atoms with Gasteiger partial charge >= 0.3 is 0 Å². The fraction of sp³-hybridized carbons (Fsp3) is 0.615. The number of alkyl halides is 1. The Balaban J connectivity index is 2.97. The van der Waals surface area contributed by atoms with Gasteiger partial charge in [0.05, 0.1) is 14.2 Å². The Bertz CT molecular complexity index is 397. The van der Waals surface area contributed by atoms with Crippen LogP contribution >= 0.6 is 11.6 Å². The number of halogens is 1. The lowest BCUT2D eigenvalue weighted by atomic mass is 10.1. The van der Waals surface area contributed by atoms with Gasteiger partial charge in [0.15, 0.2) is 11.5 Å². The highest BCUT2D eigenvalue weighted by Crippen LogP contribution is 2.30. The topological polar surface area (TPSA) is 34.6 Å². The molecule has 0 bridgehead atoms. The largest absolute Gasteiger partial charge is 0.493 e. The quantitative estimate of drug-likeness (QED) is 0.746. The Kier molecular flexibility index (Phi) is 5.23. The highest BCUT2D eigenvalue weighted by Gasteiger charge is 2.24. The zero-order chi connectivity index (χ0) is 13.8. The van der Waals surface area contributed by atoms with E-state index in [9.17, 15) is 0 Å². The van der Waals surface area contributed by atoms with Crippen molar-refractivity contribution in [1.29, 1.82) is 0 Å². The fourth-order valence-corrected chi connectivity index (χ4v) is 1.71. The number of aromatic nitrogens is 1. The van der Waals surface area contributed by atoms with Gasteiger partial charge in [-0.3, -0.25) is 9.88 Å². The summed E-state index contributed by atoms with van der Waals surface area (Å²) in [7, 11) is 5.26. The maximum absolute atomic E-state index is 5.97. The van der Waals surface area contributed by atoms with E-state index in [0.717, 1.165) is 5.69 Å². The number of pyridine rings is 1. The minimum absolute atomic E-state index is 0.0999. The van der Waals surface area contributed by atoms with Crippen molar-refractivity contribution < 1.29 is 9.47 Å². The van der Waals surface area contributed by atoms with Gasteiger partial charge in [0.2, 0.25) is 0 Å². The first-order chi connectivity index (χ1) is 8.46. The molecule has 0 unspecified atom stereocenters. The molecular formula is C13H21ClN2O2. The molecule has 0 aliphatic heterocycles. The van der Waals surface area contributed by atoms with Gasteiger partial charge in [-0.2, -0.15) is 0 Å². The maximum atomic E-state index is 5.97. The van der Waals surface area contributed by atoms with Gasteiger partial charge in [0.1, 0.15) is 5.69 Å². The average molecular weight is 273 g/mol. The molecule has 0 fully saturated rings. The van der Waals surface area contributed by atoms with E-state index < -0.39 is 0 Å². The summed E-state index contributed by atoms with van der Waals surface area (Å²) < 4.78 is 10.6. The molecule has 5 heteroatoms. The lowest BCUT2D eigenvalue weighted by Gasteiger charge is -2.33.